The number of carboxylic acid groups (broad SMARTS) is 1. The van der Waals surface area contributed by atoms with E-state index in [-0.39, 0.29) is 47.2 Å². The van der Waals surface area contributed by atoms with Crippen LogP contribution >= 0.6 is 11.8 Å². The summed E-state index contributed by atoms with van der Waals surface area (Å²) < 4.78 is 23.8. The fourth-order valence-electron chi connectivity index (χ4n) is 5.35. The van der Waals surface area contributed by atoms with Gasteiger partial charge in [0.2, 0.25) is 0 Å². The molecule has 0 bridgehead atoms. The van der Waals surface area contributed by atoms with E-state index in [1.54, 1.807) is 19.2 Å². The molecule has 1 spiro atoms. The number of Topliss-reactive ketones (excluding diaryl/α,β-unsaturated/α-hetero) is 1. The van der Waals surface area contributed by atoms with Crippen molar-refractivity contribution >= 4 is 29.5 Å². The molecule has 0 radical (unpaired) electrons. The lowest BCUT2D eigenvalue weighted by molar-refractivity contribution is -0.172. The first-order valence-corrected chi connectivity index (χ1v) is 13.2. The van der Waals surface area contributed by atoms with Gasteiger partial charge in [-0.3, -0.25) is 9.59 Å². The van der Waals surface area contributed by atoms with Crippen LogP contribution < -0.4 is 0 Å². The molecule has 0 unspecified atom stereocenters. The minimum Gasteiger partial charge on any atom is -0.478 e. The maximum absolute atomic E-state index is 12.7. The van der Waals surface area contributed by atoms with Crippen molar-refractivity contribution in [2.45, 2.75) is 80.9 Å². The Hall–Kier alpha value is -2.20. The Morgan fingerprint density at radius 1 is 1.22 bits per heavy atom. The summed E-state index contributed by atoms with van der Waals surface area (Å²) in [6, 6.07) is 6.26. The predicted molar refractivity (Wildman–Crippen MR) is 133 cm³/mol. The lowest BCUT2D eigenvalue weighted by Gasteiger charge is -2.42. The maximum Gasteiger partial charge on any atom is 0.335 e. The Balaban J connectivity index is 1.32. The molecule has 9 heteroatoms. The monoisotopic (exact) mass is 518 g/mol. The number of ether oxygens (including phenoxy) is 4. The van der Waals surface area contributed by atoms with Gasteiger partial charge in [0.1, 0.15) is 29.8 Å². The smallest absolute Gasteiger partial charge is 0.335 e. The molecule has 1 aromatic rings. The average molecular weight is 519 g/mol. The van der Waals surface area contributed by atoms with Gasteiger partial charge in [0.15, 0.2) is 5.78 Å². The second kappa shape index (κ2) is 10.7. The number of hydrogen-bond donors (Lipinski definition) is 1. The fraction of sp³-hybridized carbons (Fsp3) is 0.593. The van der Waals surface area contributed by atoms with Crippen LogP contribution in [-0.4, -0.2) is 71.8 Å². The number of carbonyl (C=O) groups is 3. The minimum atomic E-state index is -1.01. The Labute approximate surface area is 215 Å². The number of methoxy groups -OCH3 is 1. The highest BCUT2D eigenvalue weighted by molar-refractivity contribution is 8.00. The minimum absolute atomic E-state index is 0.0637. The normalized spacial score (nSPS) is 32.6. The first-order valence-electron chi connectivity index (χ1n) is 12.2. The van der Waals surface area contributed by atoms with Gasteiger partial charge in [-0.2, -0.15) is 0 Å². The van der Waals surface area contributed by atoms with Gasteiger partial charge in [0, 0.05) is 12.0 Å². The number of carbonyl (C=O) groups excluding carboxylic acids is 2. The summed E-state index contributed by atoms with van der Waals surface area (Å²) in [6.07, 6.45) is 3.22. The first kappa shape index (κ1) is 26.9. The van der Waals surface area contributed by atoms with Crippen LogP contribution in [0.4, 0.5) is 0 Å². The highest BCUT2D eigenvalue weighted by atomic mass is 32.2. The van der Waals surface area contributed by atoms with E-state index in [0.29, 0.717) is 13.0 Å². The molecule has 4 rings (SSSR count). The van der Waals surface area contributed by atoms with Crippen molar-refractivity contribution in [1.29, 1.82) is 0 Å². The molecule has 0 aromatic heterocycles. The van der Waals surface area contributed by atoms with E-state index < -0.39 is 23.6 Å². The van der Waals surface area contributed by atoms with E-state index in [1.807, 2.05) is 0 Å². The molecule has 36 heavy (non-hydrogen) atoms. The van der Waals surface area contributed by atoms with Gasteiger partial charge in [-0.1, -0.05) is 11.6 Å². The van der Waals surface area contributed by atoms with E-state index in [1.165, 1.54) is 29.5 Å². The number of thioether (sulfide) groups is 1. The zero-order chi connectivity index (χ0) is 26.1. The van der Waals surface area contributed by atoms with Crippen molar-refractivity contribution < 1.29 is 38.4 Å². The van der Waals surface area contributed by atoms with Gasteiger partial charge < -0.3 is 24.1 Å². The van der Waals surface area contributed by atoms with Crippen LogP contribution in [0.2, 0.25) is 0 Å². The summed E-state index contributed by atoms with van der Waals surface area (Å²) in [4.78, 5) is 36.8. The number of allylic oxidation sites excluding steroid dienone is 1. The molecule has 1 aromatic carbocycles. The van der Waals surface area contributed by atoms with Gasteiger partial charge in [-0.15, -0.1) is 11.8 Å². The number of benzene rings is 1. The van der Waals surface area contributed by atoms with E-state index in [4.69, 9.17) is 24.1 Å². The van der Waals surface area contributed by atoms with Crippen LogP contribution in [0.1, 0.15) is 56.8 Å². The lowest BCUT2D eigenvalue weighted by Crippen LogP contribution is -2.55. The van der Waals surface area contributed by atoms with Crippen LogP contribution in [0.25, 0.3) is 0 Å². The molecule has 196 valence electrons. The van der Waals surface area contributed by atoms with Crippen molar-refractivity contribution in [1.82, 2.24) is 0 Å². The zero-order valence-corrected chi connectivity index (χ0v) is 22.0. The predicted octanol–water partition coefficient (Wildman–Crippen LogP) is 4.06. The molecule has 2 aliphatic heterocycles. The molecular weight excluding hydrogens is 484 g/mol. The molecule has 3 aliphatic rings. The average Bonchev–Trinajstić information content (AvgIpc) is 3.74. The Morgan fingerprint density at radius 3 is 2.50 bits per heavy atom. The molecule has 1 N–H and O–H groups in total. The van der Waals surface area contributed by atoms with Crippen molar-refractivity contribution in [2.75, 3.05) is 19.5 Å². The molecule has 2 heterocycles. The molecule has 6 atom stereocenters. The summed E-state index contributed by atoms with van der Waals surface area (Å²) in [7, 11) is 1.62. The SMILES string of the molecule is CO[C@@H]1[C@H](OC(=O)CC(=O)CSc2ccc(C(=O)O)cc2)CC[C@]2(CO2)[C@H]1[C@@]1(C)O[C@@H]1CC=C(C)C. The van der Waals surface area contributed by atoms with Crippen molar-refractivity contribution in [3.8, 4) is 0 Å². The second-order valence-electron chi connectivity index (χ2n) is 10.2. The van der Waals surface area contributed by atoms with Gasteiger partial charge in [0.05, 0.1) is 29.9 Å². The van der Waals surface area contributed by atoms with Crippen LogP contribution in [-0.2, 0) is 28.5 Å². The van der Waals surface area contributed by atoms with Crippen molar-refractivity contribution in [3.05, 3.63) is 41.5 Å². The maximum atomic E-state index is 12.7. The second-order valence-corrected chi connectivity index (χ2v) is 11.3. The number of ketones is 1. The highest BCUT2D eigenvalue weighted by Gasteiger charge is 2.72. The summed E-state index contributed by atoms with van der Waals surface area (Å²) in [6.45, 7) is 6.86. The number of epoxide rings is 2. The third kappa shape index (κ3) is 5.85. The summed E-state index contributed by atoms with van der Waals surface area (Å²) in [5, 5.41) is 8.98. The zero-order valence-electron chi connectivity index (χ0n) is 21.2. The number of carboxylic acids is 1. The summed E-state index contributed by atoms with van der Waals surface area (Å²) in [5.74, 6) is -1.80. The van der Waals surface area contributed by atoms with Crippen molar-refractivity contribution in [3.63, 3.8) is 0 Å². The van der Waals surface area contributed by atoms with E-state index >= 15 is 0 Å². The molecule has 1 saturated carbocycles. The molecule has 1 aliphatic carbocycles. The van der Waals surface area contributed by atoms with Gasteiger partial charge in [0.25, 0.3) is 0 Å². The number of aromatic carboxylic acids is 1. The van der Waals surface area contributed by atoms with Crippen LogP contribution in [0.5, 0.6) is 0 Å². The molecule has 0 amide bonds. The van der Waals surface area contributed by atoms with Crippen molar-refractivity contribution in [2.24, 2.45) is 5.92 Å². The quantitative estimate of drug-likeness (QED) is 0.152. The van der Waals surface area contributed by atoms with Gasteiger partial charge in [-0.05, 0) is 64.3 Å². The molecular formula is C27H34O8S. The van der Waals surface area contributed by atoms with Gasteiger partial charge in [-0.25, -0.2) is 4.79 Å². The Kier molecular flexibility index (Phi) is 7.95. The van der Waals surface area contributed by atoms with E-state index in [2.05, 4.69) is 26.8 Å². The van der Waals surface area contributed by atoms with E-state index in [9.17, 15) is 14.4 Å². The van der Waals surface area contributed by atoms with E-state index in [0.717, 1.165) is 17.7 Å². The largest absolute Gasteiger partial charge is 0.478 e. The van der Waals surface area contributed by atoms with Crippen LogP contribution in [0.3, 0.4) is 0 Å². The van der Waals surface area contributed by atoms with Gasteiger partial charge >= 0.3 is 11.9 Å². The topological polar surface area (TPSA) is 115 Å². The summed E-state index contributed by atoms with van der Waals surface area (Å²) >= 11 is 1.26. The Bertz CT molecular complexity index is 1030. The lowest BCUT2D eigenvalue weighted by atomic mass is 9.68. The third-order valence-electron chi connectivity index (χ3n) is 7.36. The first-order chi connectivity index (χ1) is 17.1. The number of hydrogen-bond acceptors (Lipinski definition) is 8. The summed E-state index contributed by atoms with van der Waals surface area (Å²) in [5.41, 5.74) is 0.696. The third-order valence-corrected chi connectivity index (χ3v) is 8.43. The molecule has 8 nitrogen and oxygen atoms in total. The fourth-order valence-corrected chi connectivity index (χ4v) is 6.11. The van der Waals surface area contributed by atoms with Crippen LogP contribution in [0.15, 0.2) is 40.8 Å². The highest BCUT2D eigenvalue weighted by Crippen LogP contribution is 2.59. The van der Waals surface area contributed by atoms with Crippen LogP contribution in [0, 0.1) is 5.92 Å². The Morgan fingerprint density at radius 2 is 1.92 bits per heavy atom. The molecule has 2 saturated heterocycles. The molecule has 3 fully saturated rings. The standard InChI is InChI=1S/C27H34O8S/c1-16(2)5-10-21-26(3,35-21)24-23(32-4)20(11-12-27(24)15-33-27)34-22(29)13-18(28)14-36-19-8-6-17(7-9-19)25(30)31/h5-9,20-21,23-24H,10-15H2,1-4H3,(H,30,31)/t20-,21-,23-,24-,26+,27+/m1/s1. The number of rotatable bonds is 11. The number of esters is 1.